The number of aryl methyl sites for hydroxylation is 1. The predicted octanol–water partition coefficient (Wildman–Crippen LogP) is 4.79. The highest BCUT2D eigenvalue weighted by atomic mass is 35.5. The molecule has 0 N–H and O–H groups in total. The molecule has 0 amide bonds. The summed E-state index contributed by atoms with van der Waals surface area (Å²) in [5.74, 6) is 1.28. The monoisotopic (exact) mass is 304 g/mol. The van der Waals surface area contributed by atoms with Gasteiger partial charge in [0.05, 0.1) is 16.9 Å². The molecule has 3 aromatic rings. The number of hydrogen-bond donors (Lipinski definition) is 0. The van der Waals surface area contributed by atoms with Crippen molar-refractivity contribution in [1.82, 2.24) is 9.55 Å². The summed E-state index contributed by atoms with van der Waals surface area (Å²) >= 11 is 12.1. The first-order chi connectivity index (χ1) is 9.67. The van der Waals surface area contributed by atoms with Crippen LogP contribution in [0.3, 0.4) is 0 Å². The number of imidazole rings is 1. The number of benzene rings is 2. The molecule has 102 valence electrons. The average Bonchev–Trinajstić information content (AvgIpc) is 2.76. The van der Waals surface area contributed by atoms with Crippen molar-refractivity contribution < 1.29 is 0 Å². The smallest absolute Gasteiger partial charge is 0.125 e. The second-order valence-electron chi connectivity index (χ2n) is 4.87. The Bertz CT molecular complexity index is 762. The molecule has 2 aromatic carbocycles. The van der Waals surface area contributed by atoms with E-state index in [9.17, 15) is 0 Å². The molecular weight excluding hydrogens is 291 g/mol. The molecule has 0 saturated carbocycles. The SMILES string of the molecule is Cc1ccc2nc(CCl)n(Cc3cccc(Cl)c3)c2c1. The molecule has 3 rings (SSSR count). The van der Waals surface area contributed by atoms with Crippen molar-refractivity contribution in [3.05, 3.63) is 64.4 Å². The van der Waals surface area contributed by atoms with E-state index in [2.05, 4.69) is 34.7 Å². The lowest BCUT2D eigenvalue weighted by atomic mass is 10.2. The molecule has 20 heavy (non-hydrogen) atoms. The van der Waals surface area contributed by atoms with E-state index in [-0.39, 0.29) is 0 Å². The van der Waals surface area contributed by atoms with Crippen molar-refractivity contribution >= 4 is 34.2 Å². The van der Waals surface area contributed by atoms with Crippen LogP contribution in [0, 0.1) is 6.92 Å². The molecule has 4 heteroatoms. The van der Waals surface area contributed by atoms with Gasteiger partial charge in [0.1, 0.15) is 5.82 Å². The minimum atomic E-state index is 0.397. The fourth-order valence-electron chi connectivity index (χ4n) is 2.38. The Morgan fingerprint density at radius 2 is 2.00 bits per heavy atom. The molecule has 0 aliphatic carbocycles. The molecular formula is C16H14Cl2N2. The molecule has 0 aliphatic rings. The molecule has 2 nitrogen and oxygen atoms in total. The number of alkyl halides is 1. The van der Waals surface area contributed by atoms with Gasteiger partial charge in [-0.05, 0) is 42.3 Å². The number of fused-ring (bicyclic) bond motifs is 1. The van der Waals surface area contributed by atoms with E-state index in [0.717, 1.165) is 34.0 Å². The Balaban J connectivity index is 2.11. The zero-order valence-electron chi connectivity index (χ0n) is 11.1. The Labute approximate surface area is 128 Å². The van der Waals surface area contributed by atoms with Crippen LogP contribution in [0.25, 0.3) is 11.0 Å². The van der Waals surface area contributed by atoms with E-state index >= 15 is 0 Å². The van der Waals surface area contributed by atoms with Crippen molar-refractivity contribution in [2.24, 2.45) is 0 Å². The largest absolute Gasteiger partial charge is 0.322 e. The Morgan fingerprint density at radius 3 is 2.75 bits per heavy atom. The van der Waals surface area contributed by atoms with Crippen molar-refractivity contribution in [3.8, 4) is 0 Å². The normalized spacial score (nSPS) is 11.2. The van der Waals surface area contributed by atoms with Gasteiger partial charge in [0.15, 0.2) is 0 Å². The molecule has 0 bridgehead atoms. The molecule has 0 radical (unpaired) electrons. The van der Waals surface area contributed by atoms with Gasteiger partial charge in [-0.3, -0.25) is 0 Å². The van der Waals surface area contributed by atoms with Gasteiger partial charge >= 0.3 is 0 Å². The van der Waals surface area contributed by atoms with Gasteiger partial charge in [-0.2, -0.15) is 0 Å². The summed E-state index contributed by atoms with van der Waals surface area (Å²) < 4.78 is 2.15. The van der Waals surface area contributed by atoms with E-state index in [1.54, 1.807) is 0 Å². The van der Waals surface area contributed by atoms with Crippen LogP contribution in [0.1, 0.15) is 17.0 Å². The summed E-state index contributed by atoms with van der Waals surface area (Å²) in [5.41, 5.74) is 4.45. The zero-order chi connectivity index (χ0) is 14.1. The molecule has 1 heterocycles. The van der Waals surface area contributed by atoms with Crippen LogP contribution in [-0.4, -0.2) is 9.55 Å². The molecule has 0 unspecified atom stereocenters. The Kier molecular flexibility index (Phi) is 3.68. The van der Waals surface area contributed by atoms with Crippen molar-refractivity contribution in [2.75, 3.05) is 0 Å². The van der Waals surface area contributed by atoms with Gasteiger partial charge < -0.3 is 4.57 Å². The van der Waals surface area contributed by atoms with Gasteiger partial charge in [-0.15, -0.1) is 11.6 Å². The second kappa shape index (κ2) is 5.47. The number of hydrogen-bond acceptors (Lipinski definition) is 1. The lowest BCUT2D eigenvalue weighted by Gasteiger charge is -2.08. The van der Waals surface area contributed by atoms with Crippen LogP contribution in [-0.2, 0) is 12.4 Å². The predicted molar refractivity (Wildman–Crippen MR) is 84.6 cm³/mol. The minimum Gasteiger partial charge on any atom is -0.322 e. The summed E-state index contributed by atoms with van der Waals surface area (Å²) in [6, 6.07) is 14.1. The standard InChI is InChI=1S/C16H14Cl2N2/c1-11-5-6-14-15(7-11)20(16(9-17)19-14)10-12-3-2-4-13(18)8-12/h2-8H,9-10H2,1H3. The summed E-state index contributed by atoms with van der Waals surface area (Å²) in [5, 5.41) is 0.746. The number of aromatic nitrogens is 2. The van der Waals surface area contributed by atoms with Gasteiger partial charge in [0.25, 0.3) is 0 Å². The first-order valence-corrected chi connectivity index (χ1v) is 7.35. The van der Waals surface area contributed by atoms with Crippen molar-refractivity contribution in [1.29, 1.82) is 0 Å². The fraction of sp³-hybridized carbons (Fsp3) is 0.188. The molecule has 0 fully saturated rings. The second-order valence-corrected chi connectivity index (χ2v) is 5.57. The Morgan fingerprint density at radius 1 is 1.15 bits per heavy atom. The van der Waals surface area contributed by atoms with Crippen LogP contribution < -0.4 is 0 Å². The number of halogens is 2. The van der Waals surface area contributed by atoms with E-state index in [1.807, 2.05) is 24.3 Å². The van der Waals surface area contributed by atoms with Crippen molar-refractivity contribution in [2.45, 2.75) is 19.3 Å². The maximum absolute atomic E-state index is 6.05. The molecule has 0 aliphatic heterocycles. The number of rotatable bonds is 3. The highest BCUT2D eigenvalue weighted by molar-refractivity contribution is 6.30. The summed E-state index contributed by atoms with van der Waals surface area (Å²) in [4.78, 5) is 4.59. The molecule has 0 spiro atoms. The molecule has 1 aromatic heterocycles. The van der Waals surface area contributed by atoms with Gasteiger partial charge in [-0.1, -0.05) is 29.8 Å². The topological polar surface area (TPSA) is 17.8 Å². The summed E-state index contributed by atoms with van der Waals surface area (Å²) in [6.07, 6.45) is 0. The van der Waals surface area contributed by atoms with Gasteiger partial charge in [-0.25, -0.2) is 4.98 Å². The summed E-state index contributed by atoms with van der Waals surface area (Å²) in [7, 11) is 0. The fourth-order valence-corrected chi connectivity index (χ4v) is 2.80. The highest BCUT2D eigenvalue weighted by Gasteiger charge is 2.10. The zero-order valence-corrected chi connectivity index (χ0v) is 12.6. The van der Waals surface area contributed by atoms with Crippen molar-refractivity contribution in [3.63, 3.8) is 0 Å². The molecule has 0 saturated heterocycles. The van der Waals surface area contributed by atoms with E-state index in [0.29, 0.717) is 5.88 Å². The summed E-state index contributed by atoms with van der Waals surface area (Å²) in [6.45, 7) is 2.80. The molecule has 0 atom stereocenters. The Hall–Kier alpha value is -1.51. The third-order valence-electron chi connectivity index (χ3n) is 3.33. The maximum atomic E-state index is 6.05. The third-order valence-corrected chi connectivity index (χ3v) is 3.81. The van der Waals surface area contributed by atoms with Crippen LogP contribution in [0.4, 0.5) is 0 Å². The first-order valence-electron chi connectivity index (χ1n) is 6.43. The highest BCUT2D eigenvalue weighted by Crippen LogP contribution is 2.21. The van der Waals surface area contributed by atoms with Crippen LogP contribution >= 0.6 is 23.2 Å². The quantitative estimate of drug-likeness (QED) is 0.636. The minimum absolute atomic E-state index is 0.397. The number of nitrogens with zero attached hydrogens (tertiary/aromatic N) is 2. The van der Waals surface area contributed by atoms with Gasteiger partial charge in [0.2, 0.25) is 0 Å². The first kappa shape index (κ1) is 13.5. The van der Waals surface area contributed by atoms with E-state index < -0.39 is 0 Å². The van der Waals surface area contributed by atoms with Crippen LogP contribution in [0.15, 0.2) is 42.5 Å². The maximum Gasteiger partial charge on any atom is 0.125 e. The van der Waals surface area contributed by atoms with Gasteiger partial charge in [0, 0.05) is 11.6 Å². The average molecular weight is 305 g/mol. The van der Waals surface area contributed by atoms with Crippen LogP contribution in [0.2, 0.25) is 5.02 Å². The lowest BCUT2D eigenvalue weighted by molar-refractivity contribution is 0.778. The van der Waals surface area contributed by atoms with E-state index in [4.69, 9.17) is 23.2 Å². The third kappa shape index (κ3) is 2.54. The van der Waals surface area contributed by atoms with E-state index in [1.165, 1.54) is 5.56 Å². The lowest BCUT2D eigenvalue weighted by Crippen LogP contribution is -2.03. The van der Waals surface area contributed by atoms with Crippen LogP contribution in [0.5, 0.6) is 0 Å².